The fourth-order valence-electron chi connectivity index (χ4n) is 3.72. The molecule has 1 N–H and O–H groups in total. The molecule has 2 aromatic rings. The second kappa shape index (κ2) is 5.97. The molecule has 0 spiro atoms. The third-order valence-corrected chi connectivity index (χ3v) is 4.84. The molecule has 1 aliphatic heterocycles. The number of nitrogens with one attached hydrogen (secondary N) is 1. The molecule has 1 amide bonds. The number of nitriles is 1. The first-order valence-electron chi connectivity index (χ1n) is 8.23. The molecule has 1 aliphatic carbocycles. The van der Waals surface area contributed by atoms with Gasteiger partial charge < -0.3 is 10.2 Å². The van der Waals surface area contributed by atoms with E-state index in [4.69, 9.17) is 5.26 Å². The summed E-state index contributed by atoms with van der Waals surface area (Å²) in [6.45, 7) is 0.690. The van der Waals surface area contributed by atoms with Crippen molar-refractivity contribution in [3.8, 4) is 6.07 Å². The van der Waals surface area contributed by atoms with Crippen LogP contribution in [0.4, 0.5) is 5.82 Å². The maximum atomic E-state index is 12.4. The van der Waals surface area contributed by atoms with E-state index in [2.05, 4.69) is 34.6 Å². The van der Waals surface area contributed by atoms with Gasteiger partial charge in [0.25, 0.3) is 0 Å². The van der Waals surface area contributed by atoms with Crippen molar-refractivity contribution in [2.75, 3.05) is 11.9 Å². The predicted molar refractivity (Wildman–Crippen MR) is 90.3 cm³/mol. The van der Waals surface area contributed by atoms with E-state index in [1.54, 1.807) is 12.1 Å². The van der Waals surface area contributed by atoms with Crippen molar-refractivity contribution in [2.45, 2.75) is 31.3 Å². The summed E-state index contributed by atoms with van der Waals surface area (Å²) in [5.74, 6) is 0.852. The second-order valence-corrected chi connectivity index (χ2v) is 6.44. The summed E-state index contributed by atoms with van der Waals surface area (Å²) in [5.41, 5.74) is 3.10. The van der Waals surface area contributed by atoms with E-state index in [9.17, 15) is 4.79 Å². The standard InChI is InChI=1S/C19H18N4O/c20-11-15-6-3-7-18(21-15)22-16-10-19(24)23(12-16)17-8-13-4-1-2-5-14(13)9-17/h1-7,16-17H,8-10,12H2,(H,21,22)/t16-/m0/s1. The molecular formula is C19H18N4O. The summed E-state index contributed by atoms with van der Waals surface area (Å²) < 4.78 is 0. The summed E-state index contributed by atoms with van der Waals surface area (Å²) in [4.78, 5) is 18.7. The third kappa shape index (κ3) is 2.71. The van der Waals surface area contributed by atoms with Crippen LogP contribution in [-0.4, -0.2) is 34.4 Å². The molecule has 24 heavy (non-hydrogen) atoms. The zero-order chi connectivity index (χ0) is 16.5. The van der Waals surface area contributed by atoms with E-state index in [-0.39, 0.29) is 18.0 Å². The van der Waals surface area contributed by atoms with Gasteiger partial charge in [-0.1, -0.05) is 30.3 Å². The lowest BCUT2D eigenvalue weighted by molar-refractivity contribution is -0.129. The number of hydrogen-bond donors (Lipinski definition) is 1. The number of aromatic nitrogens is 1. The van der Waals surface area contributed by atoms with E-state index in [0.29, 0.717) is 24.5 Å². The molecule has 1 aromatic heterocycles. The van der Waals surface area contributed by atoms with Crippen LogP contribution in [0.15, 0.2) is 42.5 Å². The SMILES string of the molecule is N#Cc1cccc(N[C@H]2CC(=O)N(C3Cc4ccccc4C3)C2)n1. The Balaban J connectivity index is 1.43. The molecule has 0 unspecified atom stereocenters. The van der Waals surface area contributed by atoms with Gasteiger partial charge in [0.2, 0.25) is 5.91 Å². The van der Waals surface area contributed by atoms with Crippen LogP contribution in [0.25, 0.3) is 0 Å². The minimum Gasteiger partial charge on any atom is -0.365 e. The normalized spacial score (nSPS) is 20.0. The number of benzene rings is 1. The lowest BCUT2D eigenvalue weighted by Gasteiger charge is -2.24. The highest BCUT2D eigenvalue weighted by Crippen LogP contribution is 2.28. The minimum atomic E-state index is 0.0441. The smallest absolute Gasteiger partial charge is 0.225 e. The molecule has 5 heteroatoms. The number of amides is 1. The number of likely N-dealkylation sites (tertiary alicyclic amines) is 1. The molecule has 0 radical (unpaired) electrons. The monoisotopic (exact) mass is 318 g/mol. The molecule has 2 aliphatic rings. The quantitative estimate of drug-likeness (QED) is 0.941. The molecule has 1 aromatic carbocycles. The Labute approximate surface area is 140 Å². The van der Waals surface area contributed by atoms with Gasteiger partial charge in [0, 0.05) is 19.0 Å². The van der Waals surface area contributed by atoms with Crippen molar-refractivity contribution >= 4 is 11.7 Å². The highest BCUT2D eigenvalue weighted by Gasteiger charge is 2.37. The molecule has 1 atom stereocenters. The van der Waals surface area contributed by atoms with Gasteiger partial charge in [0.1, 0.15) is 17.6 Å². The number of rotatable bonds is 3. The Bertz CT molecular complexity index is 801. The van der Waals surface area contributed by atoms with Crippen LogP contribution in [0.1, 0.15) is 23.2 Å². The van der Waals surface area contributed by atoms with Crippen molar-refractivity contribution in [3.63, 3.8) is 0 Å². The summed E-state index contributed by atoms with van der Waals surface area (Å²) in [6.07, 6.45) is 2.36. The van der Waals surface area contributed by atoms with Gasteiger partial charge in [0.15, 0.2) is 0 Å². The molecule has 0 saturated carbocycles. The first-order chi connectivity index (χ1) is 11.7. The van der Waals surface area contributed by atoms with E-state index in [1.807, 2.05) is 17.0 Å². The summed E-state index contributed by atoms with van der Waals surface area (Å²) in [7, 11) is 0. The molecule has 4 rings (SSSR count). The Morgan fingerprint density at radius 3 is 2.54 bits per heavy atom. The predicted octanol–water partition coefficient (Wildman–Crippen LogP) is 2.13. The molecular weight excluding hydrogens is 300 g/mol. The molecule has 1 fully saturated rings. The summed E-state index contributed by atoms with van der Waals surface area (Å²) in [5, 5.41) is 12.2. The second-order valence-electron chi connectivity index (χ2n) is 6.44. The van der Waals surface area contributed by atoms with Gasteiger partial charge in [-0.3, -0.25) is 4.79 Å². The Morgan fingerprint density at radius 2 is 1.83 bits per heavy atom. The van der Waals surface area contributed by atoms with Crippen LogP contribution in [-0.2, 0) is 17.6 Å². The maximum Gasteiger partial charge on any atom is 0.225 e. The zero-order valence-corrected chi connectivity index (χ0v) is 13.3. The van der Waals surface area contributed by atoms with Gasteiger partial charge in [0.05, 0.1) is 6.04 Å². The number of carbonyl (C=O) groups excluding carboxylic acids is 1. The van der Waals surface area contributed by atoms with Gasteiger partial charge >= 0.3 is 0 Å². The fraction of sp³-hybridized carbons (Fsp3) is 0.316. The number of hydrogen-bond acceptors (Lipinski definition) is 4. The average Bonchev–Trinajstić information content (AvgIpc) is 3.18. The molecule has 120 valence electrons. The van der Waals surface area contributed by atoms with E-state index in [1.165, 1.54) is 11.1 Å². The lowest BCUT2D eigenvalue weighted by atomic mass is 10.1. The van der Waals surface area contributed by atoms with Crippen molar-refractivity contribution in [1.29, 1.82) is 5.26 Å². The van der Waals surface area contributed by atoms with Crippen LogP contribution >= 0.6 is 0 Å². The summed E-state index contributed by atoms with van der Waals surface area (Å²) in [6, 6.07) is 16.1. The van der Waals surface area contributed by atoms with E-state index in [0.717, 1.165) is 12.8 Å². The highest BCUT2D eigenvalue weighted by atomic mass is 16.2. The number of nitrogens with zero attached hydrogens (tertiary/aromatic N) is 3. The van der Waals surface area contributed by atoms with Crippen molar-refractivity contribution in [1.82, 2.24) is 9.88 Å². The zero-order valence-electron chi connectivity index (χ0n) is 13.3. The molecule has 2 heterocycles. The van der Waals surface area contributed by atoms with Gasteiger partial charge in [-0.15, -0.1) is 0 Å². The van der Waals surface area contributed by atoms with Gasteiger partial charge in [-0.2, -0.15) is 5.26 Å². The highest BCUT2D eigenvalue weighted by molar-refractivity contribution is 5.80. The van der Waals surface area contributed by atoms with E-state index >= 15 is 0 Å². The first kappa shape index (κ1) is 14.7. The molecule has 1 saturated heterocycles. The molecule has 5 nitrogen and oxygen atoms in total. The van der Waals surface area contributed by atoms with Crippen molar-refractivity contribution < 1.29 is 4.79 Å². The van der Waals surface area contributed by atoms with Crippen LogP contribution in [0.2, 0.25) is 0 Å². The van der Waals surface area contributed by atoms with Crippen LogP contribution in [0.5, 0.6) is 0 Å². The van der Waals surface area contributed by atoms with Crippen molar-refractivity contribution in [2.24, 2.45) is 0 Å². The topological polar surface area (TPSA) is 69.0 Å². The number of carbonyl (C=O) groups is 1. The first-order valence-corrected chi connectivity index (χ1v) is 8.23. The lowest BCUT2D eigenvalue weighted by Crippen LogP contribution is -2.38. The molecule has 0 bridgehead atoms. The van der Waals surface area contributed by atoms with Crippen molar-refractivity contribution in [3.05, 3.63) is 59.3 Å². The Kier molecular flexibility index (Phi) is 3.66. The van der Waals surface area contributed by atoms with E-state index < -0.39 is 0 Å². The third-order valence-electron chi connectivity index (χ3n) is 4.84. The van der Waals surface area contributed by atoms with Gasteiger partial charge in [-0.25, -0.2) is 4.98 Å². The van der Waals surface area contributed by atoms with Crippen LogP contribution in [0, 0.1) is 11.3 Å². The largest absolute Gasteiger partial charge is 0.365 e. The fourth-order valence-corrected chi connectivity index (χ4v) is 3.72. The Morgan fingerprint density at radius 1 is 1.08 bits per heavy atom. The number of anilines is 1. The van der Waals surface area contributed by atoms with Crippen LogP contribution in [0.3, 0.4) is 0 Å². The maximum absolute atomic E-state index is 12.4. The van der Waals surface area contributed by atoms with Crippen LogP contribution < -0.4 is 5.32 Å². The summed E-state index contributed by atoms with van der Waals surface area (Å²) >= 11 is 0. The number of pyridine rings is 1. The Hall–Kier alpha value is -2.87. The minimum absolute atomic E-state index is 0.0441. The van der Waals surface area contributed by atoms with Gasteiger partial charge in [-0.05, 0) is 36.1 Å². The number of fused-ring (bicyclic) bond motifs is 1. The average molecular weight is 318 g/mol.